The minimum Gasteiger partial charge on any atom is -0.494 e. The number of benzene rings is 2. The molecule has 0 aliphatic rings. The Bertz CT molecular complexity index is 593. The van der Waals surface area contributed by atoms with Gasteiger partial charge in [-0.15, -0.1) is 0 Å². The quantitative estimate of drug-likeness (QED) is 0.590. The molecule has 0 saturated heterocycles. The first-order chi connectivity index (χ1) is 10.2. The number of carbonyl (C=O) groups is 1. The van der Waals surface area contributed by atoms with E-state index in [1.165, 1.54) is 0 Å². The van der Waals surface area contributed by atoms with Crippen LogP contribution in [0.2, 0.25) is 5.02 Å². The molecular formula is C17H17ClO3. The number of hydrogen-bond donors (Lipinski definition) is 0. The molecule has 0 bridgehead atoms. The molecule has 2 aromatic rings. The summed E-state index contributed by atoms with van der Waals surface area (Å²) < 4.78 is 10.6. The van der Waals surface area contributed by atoms with Crippen LogP contribution in [0, 0.1) is 0 Å². The molecule has 2 aromatic carbocycles. The van der Waals surface area contributed by atoms with E-state index in [1.54, 1.807) is 24.3 Å². The Morgan fingerprint density at radius 3 is 2.52 bits per heavy atom. The molecule has 0 unspecified atom stereocenters. The largest absolute Gasteiger partial charge is 0.494 e. The normalized spacial score (nSPS) is 10.2. The van der Waals surface area contributed by atoms with Crippen LogP contribution < -0.4 is 9.47 Å². The van der Waals surface area contributed by atoms with Gasteiger partial charge in [0.25, 0.3) is 0 Å². The lowest BCUT2D eigenvalue weighted by atomic mass is 10.1. The van der Waals surface area contributed by atoms with Gasteiger partial charge >= 0.3 is 5.97 Å². The van der Waals surface area contributed by atoms with Gasteiger partial charge in [-0.3, -0.25) is 4.79 Å². The van der Waals surface area contributed by atoms with Crippen LogP contribution in [0.4, 0.5) is 0 Å². The summed E-state index contributed by atoms with van der Waals surface area (Å²) in [6.07, 6.45) is 0.951. The second-order valence-electron chi connectivity index (χ2n) is 4.51. The third-order valence-corrected chi connectivity index (χ3v) is 3.12. The van der Waals surface area contributed by atoms with Crippen LogP contribution in [0.1, 0.15) is 18.9 Å². The van der Waals surface area contributed by atoms with Crippen LogP contribution >= 0.6 is 11.6 Å². The summed E-state index contributed by atoms with van der Waals surface area (Å²) in [4.78, 5) is 11.8. The highest BCUT2D eigenvalue weighted by molar-refractivity contribution is 6.30. The standard InChI is InChI=1S/C17H17ClO3/c1-2-20-15-9-6-13(7-10-15)8-11-17(19)21-16-5-3-4-14(18)12-16/h3-7,9-10,12H,2,8,11H2,1H3. The van der Waals surface area contributed by atoms with Gasteiger partial charge < -0.3 is 9.47 Å². The van der Waals surface area contributed by atoms with Gasteiger partial charge in [0, 0.05) is 11.4 Å². The van der Waals surface area contributed by atoms with Crippen molar-refractivity contribution in [3.05, 3.63) is 59.1 Å². The molecule has 3 nitrogen and oxygen atoms in total. The third-order valence-electron chi connectivity index (χ3n) is 2.88. The Kier molecular flexibility index (Phi) is 5.64. The summed E-state index contributed by atoms with van der Waals surface area (Å²) in [7, 11) is 0. The number of hydrogen-bond acceptors (Lipinski definition) is 3. The smallest absolute Gasteiger partial charge is 0.311 e. The molecule has 0 aliphatic carbocycles. The Balaban J connectivity index is 1.83. The first-order valence-electron chi connectivity index (χ1n) is 6.85. The van der Waals surface area contributed by atoms with E-state index in [2.05, 4.69) is 0 Å². The molecule has 0 saturated carbocycles. The Morgan fingerprint density at radius 2 is 1.86 bits per heavy atom. The summed E-state index contributed by atoms with van der Waals surface area (Å²) in [6.45, 7) is 2.59. The zero-order valence-electron chi connectivity index (χ0n) is 11.8. The molecule has 110 valence electrons. The first-order valence-corrected chi connectivity index (χ1v) is 7.23. The maximum atomic E-state index is 11.8. The Morgan fingerprint density at radius 1 is 1.10 bits per heavy atom. The molecule has 2 rings (SSSR count). The molecule has 0 fully saturated rings. The van der Waals surface area contributed by atoms with E-state index in [1.807, 2.05) is 31.2 Å². The highest BCUT2D eigenvalue weighted by Crippen LogP contribution is 2.18. The summed E-state index contributed by atoms with van der Waals surface area (Å²) >= 11 is 5.84. The van der Waals surface area contributed by atoms with Crippen LogP contribution in [0.15, 0.2) is 48.5 Å². The van der Waals surface area contributed by atoms with Gasteiger partial charge in [0.2, 0.25) is 0 Å². The van der Waals surface area contributed by atoms with Crippen LogP contribution in [-0.2, 0) is 11.2 Å². The third kappa shape index (κ3) is 5.12. The topological polar surface area (TPSA) is 35.5 Å². The van der Waals surface area contributed by atoms with Crippen LogP contribution in [-0.4, -0.2) is 12.6 Å². The van der Waals surface area contributed by atoms with E-state index in [9.17, 15) is 4.79 Å². The lowest BCUT2D eigenvalue weighted by Gasteiger charge is -2.06. The van der Waals surface area contributed by atoms with Crippen molar-refractivity contribution in [2.45, 2.75) is 19.8 Å². The average Bonchev–Trinajstić information content (AvgIpc) is 2.47. The zero-order chi connectivity index (χ0) is 15.1. The van der Waals surface area contributed by atoms with Gasteiger partial charge in [0.1, 0.15) is 11.5 Å². The van der Waals surface area contributed by atoms with Gasteiger partial charge in [0.15, 0.2) is 0 Å². The SMILES string of the molecule is CCOc1ccc(CCC(=O)Oc2cccc(Cl)c2)cc1. The highest BCUT2D eigenvalue weighted by atomic mass is 35.5. The van der Waals surface area contributed by atoms with E-state index in [-0.39, 0.29) is 5.97 Å². The van der Waals surface area contributed by atoms with Gasteiger partial charge in [-0.05, 0) is 49.2 Å². The predicted octanol–water partition coefficient (Wildman–Crippen LogP) is 4.28. The van der Waals surface area contributed by atoms with Crippen molar-refractivity contribution in [2.24, 2.45) is 0 Å². The summed E-state index contributed by atoms with van der Waals surface area (Å²) in [6, 6.07) is 14.5. The molecule has 4 heteroatoms. The number of carbonyl (C=O) groups excluding carboxylic acids is 1. The Hall–Kier alpha value is -2.00. The molecule has 0 radical (unpaired) electrons. The number of ether oxygens (including phenoxy) is 2. The highest BCUT2D eigenvalue weighted by Gasteiger charge is 2.06. The van der Waals surface area contributed by atoms with Crippen molar-refractivity contribution >= 4 is 17.6 Å². The average molecular weight is 305 g/mol. The van der Waals surface area contributed by atoms with E-state index in [0.29, 0.717) is 30.2 Å². The molecule has 21 heavy (non-hydrogen) atoms. The van der Waals surface area contributed by atoms with Crippen LogP contribution in [0.25, 0.3) is 0 Å². The fraction of sp³-hybridized carbons (Fsp3) is 0.235. The van der Waals surface area contributed by atoms with E-state index in [0.717, 1.165) is 11.3 Å². The lowest BCUT2D eigenvalue weighted by Crippen LogP contribution is -2.09. The molecule has 0 spiro atoms. The Labute approximate surface area is 129 Å². The van der Waals surface area contributed by atoms with Crippen LogP contribution in [0.5, 0.6) is 11.5 Å². The molecule has 0 atom stereocenters. The van der Waals surface area contributed by atoms with Crippen molar-refractivity contribution in [3.8, 4) is 11.5 Å². The fourth-order valence-electron chi connectivity index (χ4n) is 1.88. The van der Waals surface area contributed by atoms with Gasteiger partial charge in [-0.2, -0.15) is 0 Å². The first kappa shape index (κ1) is 15.4. The van der Waals surface area contributed by atoms with Gasteiger partial charge in [-0.25, -0.2) is 0 Å². The number of aryl methyl sites for hydroxylation is 1. The molecular weight excluding hydrogens is 288 g/mol. The molecule has 0 aliphatic heterocycles. The second kappa shape index (κ2) is 7.70. The summed E-state index contributed by atoms with van der Waals surface area (Å²) in [5.74, 6) is 1.04. The van der Waals surface area contributed by atoms with E-state index in [4.69, 9.17) is 21.1 Å². The van der Waals surface area contributed by atoms with Crippen molar-refractivity contribution in [2.75, 3.05) is 6.61 Å². The number of halogens is 1. The monoisotopic (exact) mass is 304 g/mol. The molecule has 0 heterocycles. The molecule has 0 N–H and O–H groups in total. The maximum absolute atomic E-state index is 11.8. The minimum absolute atomic E-state index is 0.272. The number of esters is 1. The predicted molar refractivity (Wildman–Crippen MR) is 83.0 cm³/mol. The molecule has 0 amide bonds. The van der Waals surface area contributed by atoms with Gasteiger partial charge in [0.05, 0.1) is 6.61 Å². The second-order valence-corrected chi connectivity index (χ2v) is 4.94. The van der Waals surface area contributed by atoms with Crippen LogP contribution in [0.3, 0.4) is 0 Å². The minimum atomic E-state index is -0.272. The lowest BCUT2D eigenvalue weighted by molar-refractivity contribution is -0.134. The molecule has 0 aromatic heterocycles. The van der Waals surface area contributed by atoms with E-state index >= 15 is 0 Å². The summed E-state index contributed by atoms with van der Waals surface area (Å²) in [5.41, 5.74) is 1.07. The number of rotatable bonds is 6. The van der Waals surface area contributed by atoms with Crippen molar-refractivity contribution in [1.29, 1.82) is 0 Å². The van der Waals surface area contributed by atoms with Crippen molar-refractivity contribution in [1.82, 2.24) is 0 Å². The van der Waals surface area contributed by atoms with Crippen molar-refractivity contribution in [3.63, 3.8) is 0 Å². The fourth-order valence-corrected chi connectivity index (χ4v) is 2.06. The van der Waals surface area contributed by atoms with E-state index < -0.39 is 0 Å². The van der Waals surface area contributed by atoms with Gasteiger partial charge in [-0.1, -0.05) is 29.8 Å². The maximum Gasteiger partial charge on any atom is 0.311 e. The zero-order valence-corrected chi connectivity index (χ0v) is 12.6. The summed E-state index contributed by atoms with van der Waals surface area (Å²) in [5, 5.41) is 0.548. The van der Waals surface area contributed by atoms with Crippen molar-refractivity contribution < 1.29 is 14.3 Å².